The lowest BCUT2D eigenvalue weighted by atomic mass is 10.1. The molecule has 3 heterocycles. The lowest BCUT2D eigenvalue weighted by molar-refractivity contribution is -0.133. The van der Waals surface area contributed by atoms with E-state index in [1.54, 1.807) is 17.2 Å². The van der Waals surface area contributed by atoms with Crippen molar-refractivity contribution in [1.29, 1.82) is 0 Å². The number of benzene rings is 1. The average Bonchev–Trinajstić information content (AvgIpc) is 3.21. The number of carbonyl (C=O) groups is 3. The number of hydrogen-bond acceptors (Lipinski definition) is 6. The molecule has 174 valence electrons. The fraction of sp³-hybridized carbons (Fsp3) is 0.391. The molecule has 33 heavy (non-hydrogen) atoms. The van der Waals surface area contributed by atoms with Gasteiger partial charge in [-0.15, -0.1) is 0 Å². The van der Waals surface area contributed by atoms with Gasteiger partial charge in [-0.05, 0) is 30.2 Å². The second kappa shape index (κ2) is 9.86. The Morgan fingerprint density at radius 1 is 1.21 bits per heavy atom. The zero-order chi connectivity index (χ0) is 23.4. The Morgan fingerprint density at radius 2 is 2.03 bits per heavy atom. The Kier molecular flexibility index (Phi) is 6.74. The molecule has 2 aromatic rings. The molecule has 0 unspecified atom stereocenters. The predicted molar refractivity (Wildman–Crippen MR) is 122 cm³/mol. The van der Waals surface area contributed by atoms with E-state index in [-0.39, 0.29) is 43.5 Å². The molecule has 1 fully saturated rings. The Labute approximate surface area is 192 Å². The van der Waals surface area contributed by atoms with Gasteiger partial charge in [0.05, 0.1) is 11.6 Å². The van der Waals surface area contributed by atoms with Crippen LogP contribution < -0.4 is 21.1 Å². The van der Waals surface area contributed by atoms with Crippen molar-refractivity contribution >= 4 is 17.8 Å². The van der Waals surface area contributed by atoms with Gasteiger partial charge in [0.15, 0.2) is 0 Å². The fourth-order valence-electron chi connectivity index (χ4n) is 4.17. The molecule has 4 bridgehead atoms. The largest absolute Gasteiger partial charge is 0.491 e. The van der Waals surface area contributed by atoms with E-state index in [2.05, 4.69) is 15.6 Å². The number of fused-ring (bicyclic) bond motifs is 6. The quantitative estimate of drug-likeness (QED) is 0.532. The van der Waals surface area contributed by atoms with Crippen molar-refractivity contribution in [3.8, 4) is 16.9 Å². The summed E-state index contributed by atoms with van der Waals surface area (Å²) in [5.74, 6) is 0.127. The first-order chi connectivity index (χ1) is 15.9. The molecule has 10 nitrogen and oxygen atoms in total. The number of carbonyl (C=O) groups excluding carboxylic acids is 3. The Morgan fingerprint density at radius 3 is 2.85 bits per heavy atom. The van der Waals surface area contributed by atoms with Crippen LogP contribution in [-0.4, -0.2) is 84.5 Å². The zero-order valence-electron chi connectivity index (χ0n) is 18.5. The van der Waals surface area contributed by atoms with E-state index in [4.69, 9.17) is 10.5 Å². The molecule has 0 radical (unpaired) electrons. The molecule has 1 aromatic heterocycles. The summed E-state index contributed by atoms with van der Waals surface area (Å²) in [7, 11) is 1.50. The minimum absolute atomic E-state index is 0.120. The molecular weight excluding hydrogens is 424 g/mol. The second-order valence-electron chi connectivity index (χ2n) is 8.23. The number of urea groups is 1. The number of nitrogens with one attached hydrogen (secondary N) is 2. The lowest BCUT2D eigenvalue weighted by Gasteiger charge is -2.28. The van der Waals surface area contributed by atoms with Crippen LogP contribution in [0.3, 0.4) is 0 Å². The van der Waals surface area contributed by atoms with Gasteiger partial charge in [0.2, 0.25) is 5.91 Å². The van der Waals surface area contributed by atoms with E-state index in [9.17, 15) is 14.4 Å². The van der Waals surface area contributed by atoms with Crippen molar-refractivity contribution in [2.45, 2.75) is 18.5 Å². The van der Waals surface area contributed by atoms with Crippen molar-refractivity contribution < 1.29 is 19.1 Å². The highest BCUT2D eigenvalue weighted by Crippen LogP contribution is 2.25. The molecule has 10 heteroatoms. The van der Waals surface area contributed by atoms with E-state index < -0.39 is 6.03 Å². The first-order valence-corrected chi connectivity index (χ1v) is 10.9. The minimum atomic E-state index is -0.397. The van der Waals surface area contributed by atoms with Gasteiger partial charge in [-0.3, -0.25) is 14.6 Å². The van der Waals surface area contributed by atoms with Gasteiger partial charge in [0, 0.05) is 50.7 Å². The summed E-state index contributed by atoms with van der Waals surface area (Å²) in [6.45, 7) is 0.937. The Balaban J connectivity index is 1.65. The number of amides is 4. The minimum Gasteiger partial charge on any atom is -0.491 e. The number of pyridine rings is 1. The molecular formula is C23H28N6O4. The van der Waals surface area contributed by atoms with Crippen LogP contribution in [0.25, 0.3) is 11.1 Å². The normalized spacial score (nSPS) is 21.5. The summed E-state index contributed by atoms with van der Waals surface area (Å²) in [5.41, 5.74) is 8.19. The van der Waals surface area contributed by atoms with Crippen LogP contribution in [0.5, 0.6) is 5.75 Å². The van der Waals surface area contributed by atoms with Crippen molar-refractivity contribution in [1.82, 2.24) is 25.4 Å². The third-order valence-electron chi connectivity index (χ3n) is 5.87. The number of nitrogens with two attached hydrogens (primary N) is 1. The highest BCUT2D eigenvalue weighted by molar-refractivity contribution is 5.95. The number of hydrogen-bond donors (Lipinski definition) is 3. The van der Waals surface area contributed by atoms with E-state index in [1.165, 1.54) is 18.1 Å². The number of rotatable bonds is 0. The number of aromatic nitrogens is 1. The van der Waals surface area contributed by atoms with Gasteiger partial charge in [-0.25, -0.2) is 4.79 Å². The van der Waals surface area contributed by atoms with Crippen LogP contribution in [-0.2, 0) is 4.79 Å². The van der Waals surface area contributed by atoms with Crippen LogP contribution in [0, 0.1) is 0 Å². The van der Waals surface area contributed by atoms with Gasteiger partial charge in [-0.2, -0.15) is 0 Å². The molecule has 1 aromatic carbocycles. The second-order valence-corrected chi connectivity index (χ2v) is 8.23. The van der Waals surface area contributed by atoms with E-state index in [0.29, 0.717) is 30.9 Å². The summed E-state index contributed by atoms with van der Waals surface area (Å²) in [5, 5.41) is 5.35. The molecule has 2 aliphatic rings. The third-order valence-corrected chi connectivity index (χ3v) is 5.87. The molecule has 0 spiro atoms. The summed E-state index contributed by atoms with van der Waals surface area (Å²) in [6, 6.07) is 8.53. The molecule has 4 amide bonds. The average molecular weight is 453 g/mol. The van der Waals surface area contributed by atoms with Crippen LogP contribution in [0.1, 0.15) is 16.8 Å². The van der Waals surface area contributed by atoms with E-state index in [0.717, 1.165) is 11.1 Å². The topological polar surface area (TPSA) is 130 Å². The summed E-state index contributed by atoms with van der Waals surface area (Å²) in [6.07, 6.45) is 3.80. The van der Waals surface area contributed by atoms with Gasteiger partial charge in [0.1, 0.15) is 18.9 Å². The first-order valence-electron chi connectivity index (χ1n) is 10.9. The highest BCUT2D eigenvalue weighted by Gasteiger charge is 2.35. The SMILES string of the molecule is CNC(=O)N1CCNC(=O)c2cncc(c2)-c2cccc(c2)OC[C@@H]2C[C@@H](N)CN2C(=O)C1. The van der Waals surface area contributed by atoms with Crippen LogP contribution in [0.2, 0.25) is 0 Å². The standard InChI is InChI=1S/C23H28N6O4/c1-25-23(32)28-6-5-27-22(31)17-7-16(10-26-11-17)15-3-2-4-20(8-15)33-14-19-9-18(24)12-29(19)21(30)13-28/h2-4,7-8,10-11,18-19H,5-6,9,12-14,24H2,1H3,(H,25,32)(H,27,31)/t18-,19+/m1/s1. The first kappa shape index (κ1) is 22.5. The van der Waals surface area contributed by atoms with E-state index in [1.807, 2.05) is 24.3 Å². The number of ether oxygens (including phenoxy) is 1. The highest BCUT2D eigenvalue weighted by atomic mass is 16.5. The summed E-state index contributed by atoms with van der Waals surface area (Å²) in [4.78, 5) is 45.4. The lowest BCUT2D eigenvalue weighted by Crippen LogP contribution is -2.50. The van der Waals surface area contributed by atoms with Gasteiger partial charge >= 0.3 is 6.03 Å². The van der Waals surface area contributed by atoms with Crippen LogP contribution in [0.15, 0.2) is 42.7 Å². The third kappa shape index (κ3) is 5.23. The van der Waals surface area contributed by atoms with Crippen molar-refractivity contribution in [2.24, 2.45) is 5.73 Å². The van der Waals surface area contributed by atoms with Crippen molar-refractivity contribution in [2.75, 3.05) is 39.8 Å². The van der Waals surface area contributed by atoms with Gasteiger partial charge in [-0.1, -0.05) is 12.1 Å². The number of nitrogens with zero attached hydrogens (tertiary/aromatic N) is 3. The Hall–Kier alpha value is -3.66. The molecule has 2 atom stereocenters. The fourth-order valence-corrected chi connectivity index (χ4v) is 4.17. The van der Waals surface area contributed by atoms with Crippen molar-refractivity contribution in [3.63, 3.8) is 0 Å². The molecule has 4 N–H and O–H groups in total. The monoisotopic (exact) mass is 452 g/mol. The molecule has 4 rings (SSSR count). The molecule has 0 aliphatic carbocycles. The maximum atomic E-state index is 13.1. The molecule has 2 aliphatic heterocycles. The summed E-state index contributed by atoms with van der Waals surface area (Å²) >= 11 is 0. The molecule has 1 saturated heterocycles. The van der Waals surface area contributed by atoms with Crippen LogP contribution >= 0.6 is 0 Å². The van der Waals surface area contributed by atoms with Crippen LogP contribution in [0.4, 0.5) is 4.79 Å². The smallest absolute Gasteiger partial charge is 0.317 e. The summed E-state index contributed by atoms with van der Waals surface area (Å²) < 4.78 is 6.03. The molecule has 0 saturated carbocycles. The Bertz CT molecular complexity index is 1050. The van der Waals surface area contributed by atoms with Gasteiger partial charge < -0.3 is 30.9 Å². The zero-order valence-corrected chi connectivity index (χ0v) is 18.5. The van der Waals surface area contributed by atoms with E-state index >= 15 is 0 Å². The maximum absolute atomic E-state index is 13.1. The maximum Gasteiger partial charge on any atom is 0.317 e. The van der Waals surface area contributed by atoms with Crippen molar-refractivity contribution in [3.05, 3.63) is 48.3 Å². The van der Waals surface area contributed by atoms with Gasteiger partial charge in [0.25, 0.3) is 5.91 Å². The predicted octanol–water partition coefficient (Wildman–Crippen LogP) is 0.440.